The molecule has 0 spiro atoms. The smallest absolute Gasteiger partial charge is 0.143 e. The van der Waals surface area contributed by atoms with E-state index in [0.717, 1.165) is 33.9 Å². The molecule has 23 heavy (non-hydrogen) atoms. The normalized spacial score (nSPS) is 11.2. The number of aromatic nitrogens is 1. The maximum atomic E-state index is 11.2. The van der Waals surface area contributed by atoms with Crippen molar-refractivity contribution in [3.8, 4) is 11.8 Å². The number of methoxy groups -OCH3 is 1. The first-order chi connectivity index (χ1) is 11.3. The second-order valence-electron chi connectivity index (χ2n) is 4.99. The number of benzene rings is 2. The minimum Gasteiger partial charge on any atom is -0.497 e. The number of hydrogen-bond acceptors (Lipinski definition) is 3. The lowest BCUT2D eigenvalue weighted by atomic mass is 9.93. The quantitative estimate of drug-likeness (QED) is 0.590. The summed E-state index contributed by atoms with van der Waals surface area (Å²) in [5.41, 5.74) is 3.77. The average Bonchev–Trinajstić information content (AvgIpc) is 3.02. The predicted molar refractivity (Wildman–Crippen MR) is 89.2 cm³/mol. The molecule has 4 nitrogen and oxygen atoms in total. The van der Waals surface area contributed by atoms with E-state index in [1.165, 1.54) is 6.08 Å². The van der Waals surface area contributed by atoms with E-state index < -0.39 is 0 Å². The topological polar surface area (TPSA) is 65.9 Å². The lowest BCUT2D eigenvalue weighted by molar-refractivity contribution is -0.104. The molecule has 0 aliphatic rings. The van der Waals surface area contributed by atoms with Crippen LogP contribution in [0, 0.1) is 11.3 Å². The highest BCUT2D eigenvalue weighted by atomic mass is 16.5. The Labute approximate surface area is 133 Å². The first-order valence-corrected chi connectivity index (χ1v) is 7.09. The number of H-pyrrole nitrogens is 1. The van der Waals surface area contributed by atoms with Crippen LogP contribution >= 0.6 is 0 Å². The number of carbonyl (C=O) groups is 1. The van der Waals surface area contributed by atoms with Gasteiger partial charge in [0.2, 0.25) is 0 Å². The van der Waals surface area contributed by atoms with E-state index in [2.05, 4.69) is 11.1 Å². The first kappa shape index (κ1) is 14.6. The van der Waals surface area contributed by atoms with Crippen molar-refractivity contribution in [1.82, 2.24) is 4.98 Å². The van der Waals surface area contributed by atoms with Crippen LogP contribution in [0.25, 0.3) is 16.5 Å². The zero-order chi connectivity index (χ0) is 16.2. The lowest BCUT2D eigenvalue weighted by Crippen LogP contribution is -1.93. The summed E-state index contributed by atoms with van der Waals surface area (Å²) in [5.74, 6) is 0.659. The van der Waals surface area contributed by atoms with Crippen molar-refractivity contribution in [3.63, 3.8) is 0 Å². The third-order valence-corrected chi connectivity index (χ3v) is 3.72. The highest BCUT2D eigenvalue weighted by molar-refractivity contribution is 6.03. The van der Waals surface area contributed by atoms with Crippen LogP contribution < -0.4 is 4.74 Å². The van der Waals surface area contributed by atoms with Crippen LogP contribution in [0.15, 0.2) is 54.7 Å². The number of nitrogens with one attached hydrogen (secondary N) is 1. The van der Waals surface area contributed by atoms with E-state index in [9.17, 15) is 10.1 Å². The number of aldehydes is 1. The summed E-state index contributed by atoms with van der Waals surface area (Å²) in [7, 11) is 1.59. The summed E-state index contributed by atoms with van der Waals surface area (Å²) in [4.78, 5) is 14.2. The van der Waals surface area contributed by atoms with Crippen LogP contribution in [0.5, 0.6) is 5.75 Å². The Hall–Kier alpha value is -3.32. The van der Waals surface area contributed by atoms with Crippen LogP contribution in [0.3, 0.4) is 0 Å². The maximum absolute atomic E-state index is 11.2. The van der Waals surface area contributed by atoms with E-state index in [1.54, 1.807) is 13.3 Å². The van der Waals surface area contributed by atoms with Crippen LogP contribution in [-0.2, 0) is 4.79 Å². The molecule has 3 rings (SSSR count). The minimum atomic E-state index is 0.533. The van der Waals surface area contributed by atoms with Crippen molar-refractivity contribution in [2.24, 2.45) is 0 Å². The molecule has 0 saturated heterocycles. The van der Waals surface area contributed by atoms with Gasteiger partial charge in [-0.15, -0.1) is 0 Å². The monoisotopic (exact) mass is 302 g/mol. The van der Waals surface area contributed by atoms with Gasteiger partial charge in [0.15, 0.2) is 0 Å². The number of nitriles is 1. The van der Waals surface area contributed by atoms with Crippen molar-refractivity contribution in [3.05, 3.63) is 71.4 Å². The zero-order valence-corrected chi connectivity index (χ0v) is 12.5. The second kappa shape index (κ2) is 6.20. The fraction of sp³-hybridized carbons (Fsp3) is 0.0526. The largest absolute Gasteiger partial charge is 0.497 e. The van der Waals surface area contributed by atoms with Gasteiger partial charge in [0, 0.05) is 17.6 Å². The van der Waals surface area contributed by atoms with Gasteiger partial charge in [-0.3, -0.25) is 4.79 Å². The molecule has 0 saturated carbocycles. The van der Waals surface area contributed by atoms with Gasteiger partial charge in [-0.1, -0.05) is 30.3 Å². The van der Waals surface area contributed by atoms with Gasteiger partial charge in [0.05, 0.1) is 18.2 Å². The molecule has 1 heterocycles. The van der Waals surface area contributed by atoms with Crippen molar-refractivity contribution >= 4 is 22.8 Å². The van der Waals surface area contributed by atoms with Gasteiger partial charge in [0.25, 0.3) is 0 Å². The summed E-state index contributed by atoms with van der Waals surface area (Å²) in [6.45, 7) is 0. The Morgan fingerprint density at radius 2 is 2.04 bits per heavy atom. The average molecular weight is 302 g/mol. The third-order valence-electron chi connectivity index (χ3n) is 3.72. The number of rotatable bonds is 4. The number of nitrogens with zero attached hydrogens (tertiary/aromatic N) is 1. The molecule has 0 amide bonds. The van der Waals surface area contributed by atoms with Crippen LogP contribution in [0.4, 0.5) is 0 Å². The minimum absolute atomic E-state index is 0.533. The molecule has 0 radical (unpaired) electrons. The lowest BCUT2D eigenvalue weighted by Gasteiger charge is -2.11. The number of hydrogen-bond donors (Lipinski definition) is 1. The Kier molecular flexibility index (Phi) is 3.94. The van der Waals surface area contributed by atoms with Gasteiger partial charge in [-0.05, 0) is 28.8 Å². The fourth-order valence-corrected chi connectivity index (χ4v) is 2.69. The SMILES string of the molecule is COc1cc(/C(=C/C=O)c2ccccc2)c2c(C#N)c[nH]c2c1. The van der Waals surface area contributed by atoms with Crippen LogP contribution in [-0.4, -0.2) is 18.4 Å². The molecule has 0 aliphatic carbocycles. The summed E-state index contributed by atoms with van der Waals surface area (Å²) >= 11 is 0. The Morgan fingerprint density at radius 3 is 2.70 bits per heavy atom. The molecule has 3 aromatic rings. The highest BCUT2D eigenvalue weighted by Crippen LogP contribution is 2.35. The van der Waals surface area contributed by atoms with E-state index in [-0.39, 0.29) is 0 Å². The maximum Gasteiger partial charge on any atom is 0.143 e. The standard InChI is InChI=1S/C19H14N2O2/c1-23-15-9-17(19-14(11-20)12-21-18(19)10-15)16(7-8-22)13-5-3-2-4-6-13/h2-10,12,21H,1H3/b16-7+. The molecule has 2 aromatic carbocycles. The molecule has 0 atom stereocenters. The first-order valence-electron chi connectivity index (χ1n) is 7.09. The van der Waals surface area contributed by atoms with Crippen molar-refractivity contribution < 1.29 is 9.53 Å². The highest BCUT2D eigenvalue weighted by Gasteiger charge is 2.15. The molecule has 0 aliphatic heterocycles. The van der Waals surface area contributed by atoms with E-state index >= 15 is 0 Å². The van der Waals surface area contributed by atoms with Crippen LogP contribution in [0.2, 0.25) is 0 Å². The molecule has 1 N–H and O–H groups in total. The molecule has 0 bridgehead atoms. The van der Waals surface area contributed by atoms with E-state index in [1.807, 2.05) is 42.5 Å². The number of ether oxygens (including phenoxy) is 1. The second-order valence-corrected chi connectivity index (χ2v) is 4.99. The zero-order valence-electron chi connectivity index (χ0n) is 12.5. The Bertz CT molecular complexity index is 931. The molecule has 0 fully saturated rings. The van der Waals surface area contributed by atoms with Gasteiger partial charge in [-0.2, -0.15) is 5.26 Å². The van der Waals surface area contributed by atoms with E-state index in [4.69, 9.17) is 4.74 Å². The number of carbonyl (C=O) groups excluding carboxylic acids is 1. The fourth-order valence-electron chi connectivity index (χ4n) is 2.69. The van der Waals surface area contributed by atoms with Gasteiger partial charge < -0.3 is 9.72 Å². The van der Waals surface area contributed by atoms with Crippen molar-refractivity contribution in [1.29, 1.82) is 5.26 Å². The van der Waals surface area contributed by atoms with Crippen molar-refractivity contribution in [2.75, 3.05) is 7.11 Å². The number of allylic oxidation sites excluding steroid dienone is 1. The third kappa shape index (κ3) is 2.60. The summed E-state index contributed by atoms with van der Waals surface area (Å²) in [6.07, 6.45) is 3.93. The molecular formula is C19H14N2O2. The summed E-state index contributed by atoms with van der Waals surface area (Å²) < 4.78 is 5.35. The Morgan fingerprint density at radius 1 is 1.26 bits per heavy atom. The Balaban J connectivity index is 2.36. The molecule has 1 aromatic heterocycles. The summed E-state index contributed by atoms with van der Waals surface area (Å²) in [5, 5.41) is 10.2. The van der Waals surface area contributed by atoms with Gasteiger partial charge >= 0.3 is 0 Å². The van der Waals surface area contributed by atoms with Gasteiger partial charge in [0.1, 0.15) is 18.1 Å². The number of aromatic amines is 1. The molecule has 0 unspecified atom stereocenters. The summed E-state index contributed by atoms with van der Waals surface area (Å²) in [6, 6.07) is 15.5. The molecular weight excluding hydrogens is 288 g/mol. The predicted octanol–water partition coefficient (Wildman–Crippen LogP) is 3.68. The van der Waals surface area contributed by atoms with E-state index in [0.29, 0.717) is 11.3 Å². The molecule has 4 heteroatoms. The van der Waals surface area contributed by atoms with Crippen molar-refractivity contribution in [2.45, 2.75) is 0 Å². The van der Waals surface area contributed by atoms with Gasteiger partial charge in [-0.25, -0.2) is 0 Å². The van der Waals surface area contributed by atoms with Crippen LogP contribution in [0.1, 0.15) is 16.7 Å². The molecule has 112 valence electrons. The number of fused-ring (bicyclic) bond motifs is 1.